The number of halogens is 2. The molecule has 0 radical (unpaired) electrons. The molecule has 1 aromatic heterocycles. The van der Waals surface area contributed by atoms with Crippen molar-refractivity contribution < 1.29 is 18.7 Å². The van der Waals surface area contributed by atoms with Crippen LogP contribution < -0.4 is 16.6 Å². The van der Waals surface area contributed by atoms with E-state index < -0.39 is 23.1 Å². The average Bonchev–Trinajstić information content (AvgIpc) is 3.27. The highest BCUT2D eigenvalue weighted by molar-refractivity contribution is 6.08. The minimum Gasteiger partial charge on any atom is -0.393 e. The van der Waals surface area contributed by atoms with Gasteiger partial charge in [-0.25, -0.2) is 13.8 Å². The Morgan fingerprint density at radius 1 is 1.07 bits per heavy atom. The van der Waals surface area contributed by atoms with Crippen molar-refractivity contribution in [3.63, 3.8) is 0 Å². The number of amidine groups is 1. The molecule has 4 N–H and O–H groups in total. The van der Waals surface area contributed by atoms with Crippen LogP contribution in [0.2, 0.25) is 0 Å². The van der Waals surface area contributed by atoms with Crippen LogP contribution in [0.3, 0.4) is 0 Å². The molecule has 0 saturated heterocycles. The molecule has 3 aliphatic rings. The highest BCUT2D eigenvalue weighted by atomic mass is 19.1. The van der Waals surface area contributed by atoms with Crippen molar-refractivity contribution in [1.82, 2.24) is 9.58 Å². The summed E-state index contributed by atoms with van der Waals surface area (Å²) in [4.78, 5) is 30.3. The third-order valence-corrected chi connectivity index (χ3v) is 8.39. The van der Waals surface area contributed by atoms with Crippen LogP contribution in [0, 0.1) is 23.5 Å². The molecule has 2 unspecified atom stereocenters. The third kappa shape index (κ3) is 4.89. The van der Waals surface area contributed by atoms with Gasteiger partial charge in [-0.1, -0.05) is 6.92 Å². The van der Waals surface area contributed by atoms with Crippen LogP contribution in [-0.4, -0.2) is 44.9 Å². The number of fused-ring (bicyclic) bond motifs is 1. The Bertz CT molecular complexity index is 1690. The fraction of sp³-hybridized carbons (Fsp3) is 0.290. The Hall–Kier alpha value is -4.64. The summed E-state index contributed by atoms with van der Waals surface area (Å²) >= 11 is 0. The molecule has 2 aromatic carbocycles. The summed E-state index contributed by atoms with van der Waals surface area (Å²) in [6, 6.07) is 12.5. The number of hydrogen-bond acceptors (Lipinski definition) is 7. The van der Waals surface area contributed by atoms with Gasteiger partial charge in [0.2, 0.25) is 0 Å². The number of pyridine rings is 1. The molecule has 2 atom stereocenters. The maximum atomic E-state index is 15.8. The van der Waals surface area contributed by atoms with Gasteiger partial charge in [0.15, 0.2) is 5.84 Å². The number of nitrogens with one attached hydrogen (secondary N) is 1. The van der Waals surface area contributed by atoms with E-state index in [1.54, 1.807) is 12.1 Å². The summed E-state index contributed by atoms with van der Waals surface area (Å²) in [5.74, 6) is -1.36. The largest absolute Gasteiger partial charge is 0.393 e. The lowest BCUT2D eigenvalue weighted by Crippen LogP contribution is -2.42. The fourth-order valence-corrected chi connectivity index (χ4v) is 6.37. The summed E-state index contributed by atoms with van der Waals surface area (Å²) in [5, 5.41) is 19.0. The molecular formula is C31H30F2N6O3. The van der Waals surface area contributed by atoms with E-state index in [1.165, 1.54) is 59.6 Å². The van der Waals surface area contributed by atoms with E-state index in [9.17, 15) is 19.1 Å². The van der Waals surface area contributed by atoms with Crippen molar-refractivity contribution in [2.24, 2.45) is 27.7 Å². The number of amides is 1. The quantitative estimate of drug-likeness (QED) is 0.421. The molecule has 0 spiro atoms. The molecule has 1 saturated carbocycles. The molecule has 3 aromatic rings. The summed E-state index contributed by atoms with van der Waals surface area (Å²) in [5.41, 5.74) is 7.71. The van der Waals surface area contributed by atoms with Gasteiger partial charge in [-0.15, -0.1) is 0 Å². The normalized spacial score (nSPS) is 23.5. The van der Waals surface area contributed by atoms with E-state index in [1.807, 2.05) is 11.9 Å². The van der Waals surface area contributed by atoms with Gasteiger partial charge in [0, 0.05) is 29.1 Å². The van der Waals surface area contributed by atoms with Crippen molar-refractivity contribution in [2.75, 3.05) is 5.32 Å². The molecule has 3 heterocycles. The van der Waals surface area contributed by atoms with Gasteiger partial charge < -0.3 is 16.2 Å². The number of nitrogens with two attached hydrogens (primary N) is 1. The predicted octanol–water partition coefficient (Wildman–Crippen LogP) is 4.26. The summed E-state index contributed by atoms with van der Waals surface area (Å²) < 4.78 is 30.4. The number of aliphatic hydroxyl groups excluding tert-OH is 1. The smallest absolute Gasteiger partial charge is 0.267 e. The molecule has 1 aliphatic carbocycles. The Labute approximate surface area is 240 Å². The van der Waals surface area contributed by atoms with Gasteiger partial charge in [-0.2, -0.15) is 5.10 Å². The fourth-order valence-electron chi connectivity index (χ4n) is 6.37. The Morgan fingerprint density at radius 2 is 1.81 bits per heavy atom. The number of aliphatic imine (C=N–C) groups is 1. The number of aliphatic hydroxyl groups is 1. The van der Waals surface area contributed by atoms with E-state index in [2.05, 4.69) is 15.4 Å². The average molecular weight is 573 g/mol. The van der Waals surface area contributed by atoms with Gasteiger partial charge in [-0.3, -0.25) is 19.2 Å². The SMILES string of the molecule is CC1C(c2ccc(NC(=O)c3cccn(-c4ccc(F)cc4)c3=O)cc2F)=C2C(N)=NC=NN2C1C1CCC(O)CC1. The Balaban J connectivity index is 1.27. The van der Waals surface area contributed by atoms with Crippen molar-refractivity contribution >= 4 is 29.3 Å². The maximum absolute atomic E-state index is 15.8. The molecule has 2 aliphatic heterocycles. The van der Waals surface area contributed by atoms with Crippen molar-refractivity contribution in [1.29, 1.82) is 0 Å². The molecule has 42 heavy (non-hydrogen) atoms. The second kappa shape index (κ2) is 11.0. The van der Waals surface area contributed by atoms with Crippen molar-refractivity contribution in [3.8, 4) is 5.69 Å². The van der Waals surface area contributed by atoms with Crippen LogP contribution in [0.5, 0.6) is 0 Å². The number of hydrazone groups is 1. The second-order valence-electron chi connectivity index (χ2n) is 10.9. The minimum atomic E-state index is -0.705. The number of carbonyl (C=O) groups is 1. The van der Waals surface area contributed by atoms with Crippen molar-refractivity contribution in [3.05, 3.63) is 99.6 Å². The Kier molecular flexibility index (Phi) is 7.19. The van der Waals surface area contributed by atoms with E-state index >= 15 is 4.39 Å². The number of carbonyl (C=O) groups excluding carboxylic acids is 1. The highest BCUT2D eigenvalue weighted by Gasteiger charge is 2.46. The van der Waals surface area contributed by atoms with Crippen LogP contribution in [-0.2, 0) is 0 Å². The number of benzene rings is 2. The third-order valence-electron chi connectivity index (χ3n) is 8.39. The zero-order chi connectivity index (χ0) is 29.5. The van der Waals surface area contributed by atoms with Crippen LogP contribution in [0.25, 0.3) is 11.3 Å². The minimum absolute atomic E-state index is 0.0621. The lowest BCUT2D eigenvalue weighted by atomic mass is 9.76. The molecule has 1 fully saturated rings. The number of rotatable bonds is 5. The van der Waals surface area contributed by atoms with Gasteiger partial charge >= 0.3 is 0 Å². The van der Waals surface area contributed by atoms with Crippen LogP contribution in [0.15, 0.2) is 81.4 Å². The van der Waals surface area contributed by atoms with Gasteiger partial charge in [0.1, 0.15) is 29.2 Å². The number of nitrogens with zero attached hydrogens (tertiary/aromatic N) is 4. The van der Waals surface area contributed by atoms with Crippen LogP contribution in [0.4, 0.5) is 14.5 Å². The topological polar surface area (TPSA) is 125 Å². The first-order valence-electron chi connectivity index (χ1n) is 13.9. The lowest BCUT2D eigenvalue weighted by Gasteiger charge is -2.37. The molecule has 9 nitrogen and oxygen atoms in total. The zero-order valence-corrected chi connectivity index (χ0v) is 22.9. The molecule has 1 amide bonds. The molecule has 216 valence electrons. The van der Waals surface area contributed by atoms with Gasteiger partial charge in [0.25, 0.3) is 11.5 Å². The number of anilines is 1. The van der Waals surface area contributed by atoms with Crippen LogP contribution in [0.1, 0.15) is 48.5 Å². The maximum Gasteiger partial charge on any atom is 0.267 e. The molecule has 0 bridgehead atoms. The van der Waals surface area contributed by atoms with Crippen LogP contribution >= 0.6 is 0 Å². The zero-order valence-electron chi connectivity index (χ0n) is 22.9. The molecule has 6 rings (SSSR count). The summed E-state index contributed by atoms with van der Waals surface area (Å²) in [6.07, 6.45) is 5.66. The lowest BCUT2D eigenvalue weighted by molar-refractivity contribution is 0.0723. The first kappa shape index (κ1) is 27.5. The monoisotopic (exact) mass is 572 g/mol. The van der Waals surface area contributed by atoms with E-state index in [0.29, 0.717) is 35.4 Å². The van der Waals surface area contributed by atoms with E-state index in [-0.39, 0.29) is 41.1 Å². The summed E-state index contributed by atoms with van der Waals surface area (Å²) in [6.45, 7) is 2.02. The highest BCUT2D eigenvalue weighted by Crippen LogP contribution is 2.47. The molecule has 11 heteroatoms. The van der Waals surface area contributed by atoms with Gasteiger partial charge in [0.05, 0.1) is 12.1 Å². The standard InChI is InChI=1S/C31H30F2N6O3/c1-17-26(28-29(34)35-16-36-39(28)27(17)18-4-11-22(40)12-5-18)23-13-8-20(15-25(23)33)37-30(41)24-3-2-14-38(31(24)42)21-9-6-19(32)7-10-21/h2-3,6-10,13-18,22,27,40H,4-5,11-12H2,1H3,(H,37,41)(H2,34,35,36). The van der Waals surface area contributed by atoms with E-state index in [4.69, 9.17) is 5.73 Å². The van der Waals surface area contributed by atoms with E-state index in [0.717, 1.165) is 12.8 Å². The number of hydrogen-bond donors (Lipinski definition) is 3. The second-order valence-corrected chi connectivity index (χ2v) is 10.9. The number of aromatic nitrogens is 1. The molecular weight excluding hydrogens is 542 g/mol. The summed E-state index contributed by atoms with van der Waals surface area (Å²) in [7, 11) is 0. The first-order valence-corrected chi connectivity index (χ1v) is 13.9. The van der Waals surface area contributed by atoms with Crippen molar-refractivity contribution in [2.45, 2.75) is 44.8 Å². The Morgan fingerprint density at radius 3 is 2.52 bits per heavy atom. The first-order chi connectivity index (χ1) is 20.2. The predicted molar refractivity (Wildman–Crippen MR) is 156 cm³/mol. The van der Waals surface area contributed by atoms with Gasteiger partial charge in [-0.05, 0) is 91.8 Å².